The molecule has 6 nitrogen and oxygen atoms in total. The summed E-state index contributed by atoms with van der Waals surface area (Å²) >= 11 is 7.09. The van der Waals surface area contributed by atoms with E-state index in [0.717, 1.165) is 23.9 Å². The molecular weight excluding hydrogens is 456 g/mol. The molecule has 0 saturated carbocycles. The second-order valence-electron chi connectivity index (χ2n) is 6.69. The lowest BCUT2D eigenvalue weighted by Gasteiger charge is -2.15. The van der Waals surface area contributed by atoms with Gasteiger partial charge in [0.05, 0.1) is 16.6 Å². The predicted molar refractivity (Wildman–Crippen MR) is 120 cm³/mol. The zero-order valence-electron chi connectivity index (χ0n) is 16.7. The van der Waals surface area contributed by atoms with Gasteiger partial charge in [-0.1, -0.05) is 53.7 Å². The molecule has 1 atom stereocenters. The van der Waals surface area contributed by atoms with E-state index in [0.29, 0.717) is 17.1 Å². The van der Waals surface area contributed by atoms with Gasteiger partial charge in [0.25, 0.3) is 0 Å². The highest BCUT2D eigenvalue weighted by molar-refractivity contribution is 8.00. The fourth-order valence-corrected chi connectivity index (χ4v) is 3.95. The summed E-state index contributed by atoms with van der Waals surface area (Å²) in [6.45, 7) is 1.67. The monoisotopic (exact) mass is 471 g/mol. The standard InChI is InChI=1S/C22H16ClF2N5OS/c1-13(21(31)27-17-8-5-11-26-19(17)23)32-22-29-28-20(14-6-3-2-4-7-14)30(22)18-10-9-15(24)12-16(18)25/h2-13H,1H3,(H,27,31). The van der Waals surface area contributed by atoms with Crippen LogP contribution in [0.25, 0.3) is 17.1 Å². The molecule has 0 aliphatic rings. The van der Waals surface area contributed by atoms with Crippen LogP contribution in [-0.4, -0.2) is 30.9 Å². The van der Waals surface area contributed by atoms with Gasteiger partial charge in [-0.25, -0.2) is 13.8 Å². The number of halogens is 3. The van der Waals surface area contributed by atoms with Crippen molar-refractivity contribution in [3.63, 3.8) is 0 Å². The summed E-state index contributed by atoms with van der Waals surface area (Å²) in [7, 11) is 0. The fourth-order valence-electron chi connectivity index (χ4n) is 2.93. The van der Waals surface area contributed by atoms with Crippen molar-refractivity contribution in [3.05, 3.63) is 83.6 Å². The first kappa shape index (κ1) is 21.9. The van der Waals surface area contributed by atoms with Crippen LogP contribution < -0.4 is 5.32 Å². The number of nitrogens with zero attached hydrogens (tertiary/aromatic N) is 4. The smallest absolute Gasteiger partial charge is 0.237 e. The number of nitrogens with one attached hydrogen (secondary N) is 1. The summed E-state index contributed by atoms with van der Waals surface area (Å²) in [5, 5.41) is 10.9. The van der Waals surface area contributed by atoms with Crippen molar-refractivity contribution in [1.29, 1.82) is 0 Å². The van der Waals surface area contributed by atoms with Gasteiger partial charge in [0.2, 0.25) is 5.91 Å². The van der Waals surface area contributed by atoms with E-state index >= 15 is 0 Å². The van der Waals surface area contributed by atoms with Gasteiger partial charge < -0.3 is 5.32 Å². The van der Waals surface area contributed by atoms with Gasteiger partial charge >= 0.3 is 0 Å². The third-order valence-electron chi connectivity index (χ3n) is 4.48. The summed E-state index contributed by atoms with van der Waals surface area (Å²) in [6.07, 6.45) is 1.51. The number of aromatic nitrogens is 4. The van der Waals surface area contributed by atoms with Crippen molar-refractivity contribution in [2.45, 2.75) is 17.3 Å². The van der Waals surface area contributed by atoms with E-state index in [4.69, 9.17) is 11.6 Å². The average Bonchev–Trinajstić information content (AvgIpc) is 3.19. The number of thioether (sulfide) groups is 1. The van der Waals surface area contributed by atoms with Crippen LogP contribution in [0.15, 0.2) is 72.0 Å². The minimum atomic E-state index is -0.775. The molecule has 0 aliphatic heterocycles. The molecule has 1 amide bonds. The van der Waals surface area contributed by atoms with Crippen LogP contribution in [0.5, 0.6) is 0 Å². The lowest BCUT2D eigenvalue weighted by atomic mass is 10.2. The molecule has 1 unspecified atom stereocenters. The van der Waals surface area contributed by atoms with Crippen LogP contribution in [0.2, 0.25) is 5.15 Å². The Morgan fingerprint density at radius 2 is 1.88 bits per heavy atom. The first-order valence-electron chi connectivity index (χ1n) is 9.48. The molecule has 0 fully saturated rings. The Balaban J connectivity index is 1.69. The second kappa shape index (κ2) is 9.46. The Morgan fingerprint density at radius 1 is 1.09 bits per heavy atom. The number of carbonyl (C=O) groups excluding carboxylic acids is 1. The van der Waals surface area contributed by atoms with Crippen molar-refractivity contribution < 1.29 is 13.6 Å². The highest BCUT2D eigenvalue weighted by Crippen LogP contribution is 2.32. The lowest BCUT2D eigenvalue weighted by molar-refractivity contribution is -0.115. The predicted octanol–water partition coefficient (Wildman–Crippen LogP) is 5.38. The van der Waals surface area contributed by atoms with Gasteiger partial charge in [0.15, 0.2) is 16.1 Å². The Hall–Kier alpha value is -3.30. The number of benzene rings is 2. The Bertz CT molecular complexity index is 1270. The number of rotatable bonds is 6. The van der Waals surface area contributed by atoms with Crippen LogP contribution >= 0.6 is 23.4 Å². The Morgan fingerprint density at radius 3 is 2.59 bits per heavy atom. The molecule has 10 heteroatoms. The average molecular weight is 472 g/mol. The van der Waals surface area contributed by atoms with E-state index < -0.39 is 16.9 Å². The number of anilines is 1. The van der Waals surface area contributed by atoms with Crippen LogP contribution in [0.3, 0.4) is 0 Å². The molecule has 0 saturated heterocycles. The minimum Gasteiger partial charge on any atom is -0.322 e. The Kier molecular flexibility index (Phi) is 6.48. The van der Waals surface area contributed by atoms with Gasteiger partial charge in [-0.3, -0.25) is 9.36 Å². The van der Waals surface area contributed by atoms with Crippen LogP contribution in [0.4, 0.5) is 14.5 Å². The van der Waals surface area contributed by atoms with Crippen molar-refractivity contribution in [1.82, 2.24) is 19.7 Å². The molecule has 32 heavy (non-hydrogen) atoms. The molecule has 2 heterocycles. The quantitative estimate of drug-likeness (QED) is 0.302. The second-order valence-corrected chi connectivity index (χ2v) is 8.36. The maximum atomic E-state index is 14.7. The summed E-state index contributed by atoms with van der Waals surface area (Å²) in [4.78, 5) is 16.6. The minimum absolute atomic E-state index is 0.0701. The van der Waals surface area contributed by atoms with Gasteiger partial charge in [0, 0.05) is 17.8 Å². The summed E-state index contributed by atoms with van der Waals surface area (Å²) in [5.41, 5.74) is 1.14. The van der Waals surface area contributed by atoms with Crippen molar-refractivity contribution in [2.24, 2.45) is 0 Å². The normalized spacial score (nSPS) is 11.9. The first-order chi connectivity index (χ1) is 15.4. The number of hydrogen-bond acceptors (Lipinski definition) is 5. The third kappa shape index (κ3) is 4.63. The number of amides is 1. The summed E-state index contributed by atoms with van der Waals surface area (Å²) in [5.74, 6) is -1.46. The highest BCUT2D eigenvalue weighted by Gasteiger charge is 2.24. The third-order valence-corrected chi connectivity index (χ3v) is 5.83. The molecule has 162 valence electrons. The van der Waals surface area contributed by atoms with Crippen molar-refractivity contribution in [2.75, 3.05) is 5.32 Å². The summed E-state index contributed by atoms with van der Waals surface area (Å²) < 4.78 is 29.7. The van der Waals surface area contributed by atoms with Crippen LogP contribution in [0.1, 0.15) is 6.92 Å². The van der Waals surface area contributed by atoms with Crippen molar-refractivity contribution in [3.8, 4) is 17.1 Å². The molecule has 1 N–H and O–H groups in total. The zero-order valence-corrected chi connectivity index (χ0v) is 18.2. The lowest BCUT2D eigenvalue weighted by Crippen LogP contribution is -2.23. The molecule has 4 aromatic rings. The van der Waals surface area contributed by atoms with E-state index in [-0.39, 0.29) is 21.9 Å². The SMILES string of the molecule is CC(Sc1nnc(-c2ccccc2)n1-c1ccc(F)cc1F)C(=O)Nc1cccnc1Cl. The topological polar surface area (TPSA) is 72.7 Å². The maximum Gasteiger partial charge on any atom is 0.237 e. The van der Waals surface area contributed by atoms with E-state index in [1.165, 1.54) is 16.8 Å². The molecule has 0 bridgehead atoms. The molecule has 0 aliphatic carbocycles. The fraction of sp³-hybridized carbons (Fsp3) is 0.0909. The van der Waals surface area contributed by atoms with Gasteiger partial charge in [-0.15, -0.1) is 10.2 Å². The molecule has 4 rings (SSSR count). The molecular formula is C22H16ClF2N5OS. The number of carbonyl (C=O) groups is 1. The highest BCUT2D eigenvalue weighted by atomic mass is 35.5. The zero-order chi connectivity index (χ0) is 22.7. The van der Waals surface area contributed by atoms with Gasteiger partial charge in [-0.2, -0.15) is 0 Å². The molecule has 2 aromatic carbocycles. The van der Waals surface area contributed by atoms with E-state index in [1.807, 2.05) is 18.2 Å². The van der Waals surface area contributed by atoms with Gasteiger partial charge in [-0.05, 0) is 31.2 Å². The number of hydrogen-bond donors (Lipinski definition) is 1. The molecule has 2 aromatic heterocycles. The van der Waals surface area contributed by atoms with Crippen LogP contribution in [-0.2, 0) is 4.79 Å². The van der Waals surface area contributed by atoms with E-state index in [2.05, 4.69) is 20.5 Å². The first-order valence-corrected chi connectivity index (χ1v) is 10.7. The van der Waals surface area contributed by atoms with E-state index in [9.17, 15) is 13.6 Å². The summed E-state index contributed by atoms with van der Waals surface area (Å²) in [6, 6.07) is 15.6. The molecule has 0 radical (unpaired) electrons. The van der Waals surface area contributed by atoms with E-state index in [1.54, 1.807) is 31.2 Å². The van der Waals surface area contributed by atoms with Crippen LogP contribution in [0, 0.1) is 11.6 Å². The maximum absolute atomic E-state index is 14.7. The van der Waals surface area contributed by atoms with Gasteiger partial charge in [0.1, 0.15) is 11.6 Å². The van der Waals surface area contributed by atoms with Crippen molar-refractivity contribution >= 4 is 35.0 Å². The molecule has 0 spiro atoms. The Labute approximate surface area is 191 Å². The largest absolute Gasteiger partial charge is 0.322 e. The number of pyridine rings is 1.